The third-order valence-corrected chi connectivity index (χ3v) is 7.21. The van der Waals surface area contributed by atoms with E-state index in [2.05, 4.69) is 13.8 Å². The van der Waals surface area contributed by atoms with Crippen molar-refractivity contribution >= 4 is 11.7 Å². The fourth-order valence-corrected chi connectivity index (χ4v) is 5.25. The molecule has 1 amide bonds. The van der Waals surface area contributed by atoms with Crippen LogP contribution in [0.25, 0.3) is 0 Å². The van der Waals surface area contributed by atoms with Crippen LogP contribution in [0.4, 0.5) is 0 Å². The minimum absolute atomic E-state index is 0.0806. The minimum Gasteiger partial charge on any atom is -0.497 e. The van der Waals surface area contributed by atoms with Gasteiger partial charge in [-0.15, -0.1) is 0 Å². The van der Waals surface area contributed by atoms with Crippen LogP contribution in [0.2, 0.25) is 0 Å². The molecule has 0 aromatic heterocycles. The predicted molar refractivity (Wildman–Crippen MR) is 121 cm³/mol. The number of nitrogens with zero attached hydrogens (tertiary/aromatic N) is 1. The second kappa shape index (κ2) is 9.26. The summed E-state index contributed by atoms with van der Waals surface area (Å²) in [5.41, 5.74) is 1.40. The molecule has 32 heavy (non-hydrogen) atoms. The Morgan fingerprint density at radius 3 is 2.62 bits per heavy atom. The van der Waals surface area contributed by atoms with Gasteiger partial charge in [0, 0.05) is 13.2 Å². The number of carbonyl (C=O) groups excluding carboxylic acids is 2. The standard InChI is InChI=1S/C26H35NO5/c1-15(2)31-11-7-10-27-23(18-8-6-9-19(14-18)30-5)22-24(28)20-12-16(3)17(4)13-21(20)32-25(22)26(27)29/h6,8-9,14-17,20-21,23H,7,10-13H2,1-5H3. The van der Waals surface area contributed by atoms with Crippen LogP contribution in [0.15, 0.2) is 35.6 Å². The van der Waals surface area contributed by atoms with Crippen molar-refractivity contribution in [1.82, 2.24) is 4.90 Å². The quantitative estimate of drug-likeness (QED) is 0.591. The van der Waals surface area contributed by atoms with Gasteiger partial charge in [-0.05, 0) is 62.6 Å². The van der Waals surface area contributed by atoms with E-state index < -0.39 is 6.04 Å². The van der Waals surface area contributed by atoms with Crippen molar-refractivity contribution in [2.24, 2.45) is 17.8 Å². The topological polar surface area (TPSA) is 65.1 Å². The van der Waals surface area contributed by atoms with Crippen molar-refractivity contribution < 1.29 is 23.8 Å². The lowest BCUT2D eigenvalue weighted by Gasteiger charge is -2.40. The number of ketones is 1. The molecular weight excluding hydrogens is 406 g/mol. The highest BCUT2D eigenvalue weighted by Crippen LogP contribution is 2.48. The van der Waals surface area contributed by atoms with E-state index in [1.54, 1.807) is 12.0 Å². The van der Waals surface area contributed by atoms with E-state index in [4.69, 9.17) is 14.2 Å². The summed E-state index contributed by atoms with van der Waals surface area (Å²) < 4.78 is 17.4. The molecule has 1 aromatic carbocycles. The lowest BCUT2D eigenvalue weighted by atomic mass is 9.70. The number of ether oxygens (including phenoxy) is 3. The second-order valence-corrected chi connectivity index (χ2v) is 9.75. The van der Waals surface area contributed by atoms with Crippen LogP contribution in [0.5, 0.6) is 5.75 Å². The SMILES string of the molecule is COc1cccc(C2C3=C(OC4CC(C)C(C)CC4C3=O)C(=O)N2CCCOC(C)C)c1. The van der Waals surface area contributed by atoms with Crippen molar-refractivity contribution in [3.63, 3.8) is 0 Å². The van der Waals surface area contributed by atoms with Crippen LogP contribution in [-0.4, -0.2) is 49.1 Å². The van der Waals surface area contributed by atoms with Gasteiger partial charge < -0.3 is 19.1 Å². The molecular formula is C26H35NO5. The van der Waals surface area contributed by atoms with Crippen molar-refractivity contribution in [3.05, 3.63) is 41.2 Å². The molecule has 1 fully saturated rings. The largest absolute Gasteiger partial charge is 0.497 e. The summed E-state index contributed by atoms with van der Waals surface area (Å²) in [4.78, 5) is 29.0. The van der Waals surface area contributed by atoms with Gasteiger partial charge in [-0.1, -0.05) is 26.0 Å². The molecule has 3 aliphatic rings. The van der Waals surface area contributed by atoms with Gasteiger partial charge in [0.1, 0.15) is 11.9 Å². The molecule has 1 saturated carbocycles. The first-order valence-corrected chi connectivity index (χ1v) is 11.8. The van der Waals surface area contributed by atoms with E-state index in [9.17, 15) is 9.59 Å². The third kappa shape index (κ3) is 4.17. The number of benzene rings is 1. The van der Waals surface area contributed by atoms with Crippen LogP contribution in [-0.2, 0) is 19.1 Å². The molecule has 0 N–H and O–H groups in total. The average Bonchev–Trinajstić information content (AvgIpc) is 3.04. The van der Waals surface area contributed by atoms with E-state index >= 15 is 0 Å². The maximum atomic E-state index is 13.8. The number of hydrogen-bond donors (Lipinski definition) is 0. The van der Waals surface area contributed by atoms with Crippen LogP contribution in [0.1, 0.15) is 58.6 Å². The Labute approximate surface area is 190 Å². The molecule has 0 bridgehead atoms. The van der Waals surface area contributed by atoms with Gasteiger partial charge in [0.2, 0.25) is 0 Å². The van der Waals surface area contributed by atoms with Crippen LogP contribution in [0, 0.1) is 17.8 Å². The van der Waals surface area contributed by atoms with Gasteiger partial charge in [-0.2, -0.15) is 0 Å². The summed E-state index contributed by atoms with van der Waals surface area (Å²) in [7, 11) is 1.62. The number of carbonyl (C=O) groups is 2. The second-order valence-electron chi connectivity index (χ2n) is 9.75. The summed E-state index contributed by atoms with van der Waals surface area (Å²) in [6.07, 6.45) is 2.25. The first kappa shape index (κ1) is 22.8. The van der Waals surface area contributed by atoms with E-state index in [0.717, 1.165) is 18.4 Å². The first-order valence-electron chi connectivity index (χ1n) is 11.8. The first-order chi connectivity index (χ1) is 15.3. The van der Waals surface area contributed by atoms with Crippen LogP contribution >= 0.6 is 0 Å². The van der Waals surface area contributed by atoms with Crippen molar-refractivity contribution in [3.8, 4) is 5.75 Å². The lowest BCUT2D eigenvalue weighted by Crippen LogP contribution is -2.43. The Morgan fingerprint density at radius 2 is 1.91 bits per heavy atom. The molecule has 0 spiro atoms. The molecule has 6 heteroatoms. The van der Waals surface area contributed by atoms with Crippen molar-refractivity contribution in [2.45, 2.75) is 65.2 Å². The fourth-order valence-electron chi connectivity index (χ4n) is 5.25. The normalized spacial score (nSPS) is 29.8. The molecule has 0 radical (unpaired) electrons. The van der Waals surface area contributed by atoms with Gasteiger partial charge in [-0.25, -0.2) is 0 Å². The molecule has 1 aliphatic carbocycles. The molecule has 5 unspecified atom stereocenters. The summed E-state index contributed by atoms with van der Waals surface area (Å²) in [5.74, 6) is 1.62. The molecule has 174 valence electrons. The summed E-state index contributed by atoms with van der Waals surface area (Å²) in [5, 5.41) is 0. The van der Waals surface area contributed by atoms with Gasteiger partial charge >= 0.3 is 0 Å². The molecule has 6 nitrogen and oxygen atoms in total. The maximum Gasteiger partial charge on any atom is 0.290 e. The van der Waals surface area contributed by atoms with E-state index in [1.807, 2.05) is 38.1 Å². The number of amides is 1. The summed E-state index contributed by atoms with van der Waals surface area (Å²) in [6.45, 7) is 9.46. The molecule has 2 heterocycles. The zero-order chi connectivity index (χ0) is 23.0. The molecule has 0 saturated heterocycles. The number of hydrogen-bond acceptors (Lipinski definition) is 5. The van der Waals surface area contributed by atoms with Crippen LogP contribution in [0.3, 0.4) is 0 Å². The highest BCUT2D eigenvalue weighted by molar-refractivity contribution is 6.11. The van der Waals surface area contributed by atoms with Gasteiger partial charge in [0.05, 0.1) is 30.7 Å². The number of Topliss-reactive ketones (excluding diaryl/α,β-unsaturated/α-hetero) is 1. The van der Waals surface area contributed by atoms with Gasteiger partial charge in [0.15, 0.2) is 11.5 Å². The average molecular weight is 442 g/mol. The van der Waals surface area contributed by atoms with Crippen molar-refractivity contribution in [1.29, 1.82) is 0 Å². The molecule has 4 rings (SSSR count). The van der Waals surface area contributed by atoms with Crippen molar-refractivity contribution in [2.75, 3.05) is 20.3 Å². The van der Waals surface area contributed by atoms with E-state index in [0.29, 0.717) is 42.7 Å². The lowest BCUT2D eigenvalue weighted by molar-refractivity contribution is -0.137. The monoisotopic (exact) mass is 441 g/mol. The number of fused-ring (bicyclic) bond motifs is 1. The molecule has 1 aromatic rings. The number of methoxy groups -OCH3 is 1. The highest BCUT2D eigenvalue weighted by atomic mass is 16.5. The number of rotatable bonds is 7. The Bertz CT molecular complexity index is 907. The maximum absolute atomic E-state index is 13.8. The minimum atomic E-state index is -0.449. The van der Waals surface area contributed by atoms with Crippen LogP contribution < -0.4 is 4.74 Å². The summed E-state index contributed by atoms with van der Waals surface area (Å²) >= 11 is 0. The van der Waals surface area contributed by atoms with Gasteiger partial charge in [-0.3, -0.25) is 9.59 Å². The van der Waals surface area contributed by atoms with Gasteiger partial charge in [0.25, 0.3) is 5.91 Å². The molecule has 2 aliphatic heterocycles. The predicted octanol–water partition coefficient (Wildman–Crippen LogP) is 4.30. The zero-order valence-corrected chi connectivity index (χ0v) is 19.8. The Morgan fingerprint density at radius 1 is 1.16 bits per heavy atom. The Balaban J connectivity index is 1.68. The van der Waals surface area contributed by atoms with E-state index in [-0.39, 0.29) is 35.6 Å². The molecule has 5 atom stereocenters. The Hall–Kier alpha value is -2.34. The third-order valence-electron chi connectivity index (χ3n) is 7.21. The smallest absolute Gasteiger partial charge is 0.290 e. The zero-order valence-electron chi connectivity index (χ0n) is 19.8. The fraction of sp³-hybridized carbons (Fsp3) is 0.615. The summed E-state index contributed by atoms with van der Waals surface area (Å²) in [6, 6.07) is 7.19. The highest BCUT2D eigenvalue weighted by Gasteiger charge is 2.53. The van der Waals surface area contributed by atoms with E-state index in [1.165, 1.54) is 0 Å². The Kier molecular flexibility index (Phi) is 6.61.